The molecule has 2 heterocycles. The molecule has 0 bridgehead atoms. The lowest BCUT2D eigenvalue weighted by Gasteiger charge is -2.34. The van der Waals surface area contributed by atoms with Crippen molar-refractivity contribution in [2.45, 2.75) is 52.4 Å². The van der Waals surface area contributed by atoms with Gasteiger partial charge in [-0.15, -0.1) is 0 Å². The highest BCUT2D eigenvalue weighted by atomic mass is 35.5. The van der Waals surface area contributed by atoms with Crippen LogP contribution in [0.3, 0.4) is 0 Å². The number of amides is 2. The van der Waals surface area contributed by atoms with Crippen LogP contribution in [0.1, 0.15) is 52.4 Å². The molecule has 1 saturated heterocycles. The fourth-order valence-electron chi connectivity index (χ4n) is 5.64. The zero-order chi connectivity index (χ0) is 26.5. The maximum atomic E-state index is 15.4. The molecule has 0 radical (unpaired) electrons. The summed E-state index contributed by atoms with van der Waals surface area (Å²) in [6.45, 7) is 6.47. The lowest BCUT2D eigenvalue weighted by molar-refractivity contribution is -0.154. The van der Waals surface area contributed by atoms with Crippen LogP contribution < -0.4 is 15.8 Å². The van der Waals surface area contributed by atoms with Gasteiger partial charge in [0.1, 0.15) is 0 Å². The molecule has 0 aromatic carbocycles. The van der Waals surface area contributed by atoms with Crippen molar-refractivity contribution in [1.82, 2.24) is 25.4 Å². The number of hydrazine groups is 1. The van der Waals surface area contributed by atoms with E-state index in [1.807, 2.05) is 19.0 Å². The number of carbonyl (C=O) groups excluding carboxylic acids is 2. The predicted octanol–water partition coefficient (Wildman–Crippen LogP) is 3.17. The van der Waals surface area contributed by atoms with Gasteiger partial charge in [0.05, 0.1) is 12.5 Å². The number of aromatic nitrogens is 2. The highest BCUT2D eigenvalue weighted by molar-refractivity contribution is 6.28. The lowest BCUT2D eigenvalue weighted by atomic mass is 9.78. The first kappa shape index (κ1) is 28.3. The van der Waals surface area contributed by atoms with Crippen molar-refractivity contribution >= 4 is 35.6 Å². The molecule has 1 aromatic heterocycles. The number of hydrogen-bond donors (Lipinski definition) is 3. The Kier molecular flexibility index (Phi) is 9.71. The quantitative estimate of drug-likeness (QED) is 0.164. The number of rotatable bonds is 12. The lowest BCUT2D eigenvalue weighted by Crippen LogP contribution is -2.41. The number of nitrogens with zero attached hydrogens (tertiary/aromatic N) is 5. The van der Waals surface area contributed by atoms with Gasteiger partial charge in [-0.25, -0.2) is 5.06 Å². The monoisotopic (exact) mass is 527 g/mol. The van der Waals surface area contributed by atoms with Gasteiger partial charge in [0.2, 0.25) is 23.4 Å². The Labute approximate surface area is 217 Å². The standard InChI is InChI=1S/C24H39ClFN7O3/c1-24(2,14-31(3)4)18-9-10-32(13-18)21-19(26)20(27-23(25)28-21)29-30-22(35)17(12-33(36)15-34)11-16-7-5-6-8-16/h15-18,36H,5-14H2,1-4H3,(H,30,35)(H,27,28,29)/t17-,18?/m0/s1. The van der Waals surface area contributed by atoms with Crippen LogP contribution in [0.15, 0.2) is 0 Å². The number of hydroxylamine groups is 2. The molecule has 202 valence electrons. The van der Waals surface area contributed by atoms with Gasteiger partial charge in [0.15, 0.2) is 11.6 Å². The highest BCUT2D eigenvalue weighted by Crippen LogP contribution is 2.37. The summed E-state index contributed by atoms with van der Waals surface area (Å²) in [5, 5.41) is 9.98. The van der Waals surface area contributed by atoms with E-state index in [1.165, 1.54) is 0 Å². The summed E-state index contributed by atoms with van der Waals surface area (Å²) >= 11 is 6.12. The van der Waals surface area contributed by atoms with Crippen molar-refractivity contribution in [3.63, 3.8) is 0 Å². The van der Waals surface area contributed by atoms with E-state index in [9.17, 15) is 14.8 Å². The van der Waals surface area contributed by atoms with E-state index in [0.717, 1.165) is 38.6 Å². The minimum Gasteiger partial charge on any atom is -0.354 e. The smallest absolute Gasteiger partial charge is 0.243 e. The first-order chi connectivity index (χ1) is 17.0. The maximum Gasteiger partial charge on any atom is 0.243 e. The first-order valence-electron chi connectivity index (χ1n) is 12.6. The minimum atomic E-state index is -0.699. The molecule has 12 heteroatoms. The van der Waals surface area contributed by atoms with Gasteiger partial charge in [-0.05, 0) is 55.8 Å². The number of nitrogens with one attached hydrogen (secondary N) is 2. The van der Waals surface area contributed by atoms with E-state index < -0.39 is 17.6 Å². The fourth-order valence-corrected chi connectivity index (χ4v) is 5.80. The van der Waals surface area contributed by atoms with Gasteiger partial charge < -0.3 is 9.80 Å². The highest BCUT2D eigenvalue weighted by Gasteiger charge is 2.37. The van der Waals surface area contributed by atoms with Crippen molar-refractivity contribution in [2.24, 2.45) is 23.2 Å². The number of carbonyl (C=O) groups is 2. The van der Waals surface area contributed by atoms with Gasteiger partial charge in [0.25, 0.3) is 0 Å². The summed E-state index contributed by atoms with van der Waals surface area (Å²) in [5.74, 6) is -1.27. The zero-order valence-corrected chi connectivity index (χ0v) is 22.4. The summed E-state index contributed by atoms with van der Waals surface area (Å²) in [5.41, 5.74) is 5.08. The molecule has 36 heavy (non-hydrogen) atoms. The average Bonchev–Trinajstić information content (AvgIpc) is 3.50. The van der Waals surface area contributed by atoms with Gasteiger partial charge in [-0.1, -0.05) is 39.5 Å². The summed E-state index contributed by atoms with van der Waals surface area (Å²) in [4.78, 5) is 35.9. The van der Waals surface area contributed by atoms with Crippen LogP contribution in [-0.2, 0) is 9.59 Å². The predicted molar refractivity (Wildman–Crippen MR) is 136 cm³/mol. The van der Waals surface area contributed by atoms with Crippen LogP contribution >= 0.6 is 11.6 Å². The van der Waals surface area contributed by atoms with E-state index >= 15 is 4.39 Å². The van der Waals surface area contributed by atoms with Crippen LogP contribution in [0.2, 0.25) is 5.28 Å². The number of anilines is 2. The summed E-state index contributed by atoms with van der Waals surface area (Å²) < 4.78 is 15.4. The Hall–Kier alpha value is -2.24. The summed E-state index contributed by atoms with van der Waals surface area (Å²) in [7, 11) is 4.08. The molecular weight excluding hydrogens is 489 g/mol. The van der Waals surface area contributed by atoms with E-state index in [2.05, 4.69) is 39.6 Å². The van der Waals surface area contributed by atoms with Crippen LogP contribution in [-0.4, -0.2) is 77.7 Å². The third-order valence-corrected chi connectivity index (χ3v) is 7.59. The van der Waals surface area contributed by atoms with Crippen LogP contribution in [0.25, 0.3) is 0 Å². The van der Waals surface area contributed by atoms with E-state index in [-0.39, 0.29) is 35.3 Å². The maximum absolute atomic E-state index is 15.4. The molecule has 2 aliphatic rings. The Bertz CT molecular complexity index is 914. The second kappa shape index (κ2) is 12.3. The van der Waals surface area contributed by atoms with E-state index in [4.69, 9.17) is 11.6 Å². The molecule has 3 rings (SSSR count). The topological polar surface area (TPSA) is 114 Å². The van der Waals surface area contributed by atoms with Gasteiger partial charge in [-0.2, -0.15) is 14.4 Å². The normalized spacial score (nSPS) is 19.6. The molecule has 2 amide bonds. The fraction of sp³-hybridized carbons (Fsp3) is 0.750. The van der Waals surface area contributed by atoms with Gasteiger partial charge >= 0.3 is 0 Å². The molecular formula is C24H39ClFN7O3. The third-order valence-electron chi connectivity index (χ3n) is 7.42. The molecule has 3 N–H and O–H groups in total. The van der Waals surface area contributed by atoms with Crippen molar-refractivity contribution in [3.05, 3.63) is 11.1 Å². The molecule has 2 fully saturated rings. The number of hydrogen-bond acceptors (Lipinski definition) is 8. The van der Waals surface area contributed by atoms with Crippen LogP contribution in [0.5, 0.6) is 0 Å². The zero-order valence-electron chi connectivity index (χ0n) is 21.6. The molecule has 1 aliphatic heterocycles. The Morgan fingerprint density at radius 1 is 1.31 bits per heavy atom. The second-order valence-electron chi connectivity index (χ2n) is 11.1. The molecule has 1 aromatic rings. The summed E-state index contributed by atoms with van der Waals surface area (Å²) in [6, 6.07) is 0. The molecule has 10 nitrogen and oxygen atoms in total. The van der Waals surface area contributed by atoms with Crippen molar-refractivity contribution in [3.8, 4) is 0 Å². The average molecular weight is 528 g/mol. The first-order valence-corrected chi connectivity index (χ1v) is 13.0. The molecule has 1 aliphatic carbocycles. The van der Waals surface area contributed by atoms with Crippen molar-refractivity contribution in [2.75, 3.05) is 50.6 Å². The Balaban J connectivity index is 1.68. The van der Waals surface area contributed by atoms with Crippen molar-refractivity contribution < 1.29 is 19.2 Å². The van der Waals surface area contributed by atoms with Crippen LogP contribution in [0.4, 0.5) is 16.0 Å². The summed E-state index contributed by atoms with van der Waals surface area (Å²) in [6.07, 6.45) is 5.90. The molecule has 1 unspecified atom stereocenters. The SMILES string of the molecule is CN(C)CC(C)(C)C1CCN(c2nc(Cl)nc(NNC(=O)[C@@H](CC3CCCC3)CN(O)C=O)c2F)C1. The van der Waals surface area contributed by atoms with Crippen LogP contribution in [0, 0.1) is 29.0 Å². The largest absolute Gasteiger partial charge is 0.354 e. The number of halogens is 2. The molecule has 0 spiro atoms. The van der Waals surface area contributed by atoms with E-state index in [0.29, 0.717) is 36.4 Å². The third kappa shape index (κ3) is 7.39. The molecule has 2 atom stereocenters. The van der Waals surface area contributed by atoms with Gasteiger partial charge in [-0.3, -0.25) is 25.6 Å². The Morgan fingerprint density at radius 3 is 2.64 bits per heavy atom. The Morgan fingerprint density at radius 2 is 2.00 bits per heavy atom. The van der Waals surface area contributed by atoms with Gasteiger partial charge in [0, 0.05) is 19.6 Å². The second-order valence-corrected chi connectivity index (χ2v) is 11.4. The van der Waals surface area contributed by atoms with Crippen molar-refractivity contribution in [1.29, 1.82) is 0 Å². The van der Waals surface area contributed by atoms with E-state index in [1.54, 1.807) is 0 Å². The minimum absolute atomic E-state index is 0.0387. The molecule has 1 saturated carbocycles.